The summed E-state index contributed by atoms with van der Waals surface area (Å²) in [7, 11) is 0. The molecule has 0 unspecified atom stereocenters. The van der Waals surface area contributed by atoms with Crippen LogP contribution in [0, 0.1) is 6.92 Å². The third kappa shape index (κ3) is 2.31. The van der Waals surface area contributed by atoms with Gasteiger partial charge in [-0.05, 0) is 31.0 Å². The van der Waals surface area contributed by atoms with Gasteiger partial charge >= 0.3 is 5.69 Å². The average molecular weight is 351 g/mol. The lowest BCUT2D eigenvalue weighted by molar-refractivity contribution is 0.733. The van der Waals surface area contributed by atoms with Crippen molar-refractivity contribution < 1.29 is 0 Å². The summed E-state index contributed by atoms with van der Waals surface area (Å²) in [6.07, 6.45) is 6.01. The standard InChI is InChI=1S/C18H17N5OS/c1-4-9-22-17-14(13(5-2)11(3)25-17)16-20-15(21-23(16)18(22)24)12-7-6-8-19-10-12/h4,6-8,10H,1,5,9H2,2-3H3. The summed E-state index contributed by atoms with van der Waals surface area (Å²) >= 11 is 1.63. The Labute approximate surface area is 148 Å². The summed E-state index contributed by atoms with van der Waals surface area (Å²) in [5, 5.41) is 5.47. The predicted octanol–water partition coefficient (Wildman–Crippen LogP) is 3.22. The first-order valence-electron chi connectivity index (χ1n) is 8.08. The van der Waals surface area contributed by atoms with Gasteiger partial charge in [0.05, 0.1) is 5.39 Å². The first kappa shape index (κ1) is 15.7. The van der Waals surface area contributed by atoms with Gasteiger partial charge in [0.15, 0.2) is 11.5 Å². The maximum atomic E-state index is 13.0. The maximum absolute atomic E-state index is 13.0. The summed E-state index contributed by atoms with van der Waals surface area (Å²) in [5.41, 5.74) is 2.42. The van der Waals surface area contributed by atoms with E-state index < -0.39 is 0 Å². The van der Waals surface area contributed by atoms with Gasteiger partial charge in [-0.15, -0.1) is 23.0 Å². The number of aromatic nitrogens is 5. The molecular weight excluding hydrogens is 334 g/mol. The van der Waals surface area contributed by atoms with E-state index in [1.165, 1.54) is 15.0 Å². The molecule has 4 rings (SSSR count). The Balaban J connectivity index is 2.16. The minimum Gasteiger partial charge on any atom is -0.279 e. The van der Waals surface area contributed by atoms with E-state index in [4.69, 9.17) is 0 Å². The van der Waals surface area contributed by atoms with Crippen molar-refractivity contribution in [2.75, 3.05) is 0 Å². The van der Waals surface area contributed by atoms with Crippen LogP contribution < -0.4 is 5.69 Å². The van der Waals surface area contributed by atoms with Crippen LogP contribution >= 0.6 is 11.3 Å². The number of fused-ring (bicyclic) bond motifs is 3. The molecule has 4 aromatic heterocycles. The highest BCUT2D eigenvalue weighted by Crippen LogP contribution is 2.33. The first-order valence-corrected chi connectivity index (χ1v) is 8.90. The Morgan fingerprint density at radius 1 is 1.40 bits per heavy atom. The van der Waals surface area contributed by atoms with Gasteiger partial charge < -0.3 is 0 Å². The van der Waals surface area contributed by atoms with Gasteiger partial charge in [-0.1, -0.05) is 13.0 Å². The van der Waals surface area contributed by atoms with Crippen molar-refractivity contribution in [1.29, 1.82) is 0 Å². The van der Waals surface area contributed by atoms with Crippen LogP contribution in [-0.2, 0) is 13.0 Å². The number of hydrogen-bond donors (Lipinski definition) is 0. The van der Waals surface area contributed by atoms with Crippen molar-refractivity contribution >= 4 is 27.2 Å². The average Bonchev–Trinajstić information content (AvgIpc) is 3.20. The molecule has 126 valence electrons. The second-order valence-corrected chi connectivity index (χ2v) is 6.97. The lowest BCUT2D eigenvalue weighted by Gasteiger charge is -2.05. The SMILES string of the molecule is C=CCn1c(=O)n2nc(-c3cccnc3)nc2c2c(CC)c(C)sc21. The van der Waals surface area contributed by atoms with E-state index in [-0.39, 0.29) is 5.69 Å². The predicted molar refractivity (Wildman–Crippen MR) is 100 cm³/mol. The number of hydrogen-bond acceptors (Lipinski definition) is 5. The van der Waals surface area contributed by atoms with E-state index in [1.807, 2.05) is 12.1 Å². The van der Waals surface area contributed by atoms with Crippen molar-refractivity contribution in [3.8, 4) is 11.4 Å². The minimum atomic E-state index is -0.200. The smallest absolute Gasteiger partial charge is 0.279 e. The van der Waals surface area contributed by atoms with Gasteiger partial charge in [-0.2, -0.15) is 4.52 Å². The van der Waals surface area contributed by atoms with E-state index >= 15 is 0 Å². The summed E-state index contributed by atoms with van der Waals surface area (Å²) in [4.78, 5) is 23.9. The van der Waals surface area contributed by atoms with Crippen molar-refractivity contribution in [2.24, 2.45) is 0 Å². The van der Waals surface area contributed by atoms with Crippen LogP contribution in [0.2, 0.25) is 0 Å². The van der Waals surface area contributed by atoms with E-state index in [2.05, 4.69) is 35.5 Å². The molecule has 0 aromatic carbocycles. The second kappa shape index (κ2) is 5.93. The Hall–Kier alpha value is -2.80. The summed E-state index contributed by atoms with van der Waals surface area (Å²) in [5.74, 6) is 0.508. The van der Waals surface area contributed by atoms with Crippen molar-refractivity contribution in [2.45, 2.75) is 26.8 Å². The number of aryl methyl sites for hydroxylation is 2. The normalized spacial score (nSPS) is 11.4. The van der Waals surface area contributed by atoms with E-state index in [0.29, 0.717) is 18.0 Å². The van der Waals surface area contributed by atoms with E-state index in [9.17, 15) is 4.79 Å². The van der Waals surface area contributed by atoms with Crippen molar-refractivity contribution in [3.05, 3.63) is 58.1 Å². The summed E-state index contributed by atoms with van der Waals surface area (Å²) in [6.45, 7) is 8.42. The molecule has 0 fully saturated rings. The maximum Gasteiger partial charge on any atom is 0.352 e. The Bertz CT molecular complexity index is 1150. The molecule has 0 spiro atoms. The highest BCUT2D eigenvalue weighted by Gasteiger charge is 2.20. The number of rotatable bonds is 4. The fourth-order valence-corrected chi connectivity index (χ4v) is 4.36. The monoisotopic (exact) mass is 351 g/mol. The molecule has 7 heteroatoms. The van der Waals surface area contributed by atoms with Gasteiger partial charge in [0.1, 0.15) is 4.83 Å². The van der Waals surface area contributed by atoms with Crippen LogP contribution in [0.5, 0.6) is 0 Å². The molecule has 0 bridgehead atoms. The van der Waals surface area contributed by atoms with Gasteiger partial charge in [-0.3, -0.25) is 9.55 Å². The highest BCUT2D eigenvalue weighted by atomic mass is 32.1. The largest absolute Gasteiger partial charge is 0.352 e. The molecule has 0 aliphatic rings. The third-order valence-electron chi connectivity index (χ3n) is 4.26. The van der Waals surface area contributed by atoms with Gasteiger partial charge in [0.25, 0.3) is 0 Å². The molecule has 25 heavy (non-hydrogen) atoms. The van der Waals surface area contributed by atoms with Crippen LogP contribution in [0.4, 0.5) is 0 Å². The zero-order chi connectivity index (χ0) is 17.6. The number of pyridine rings is 1. The lowest BCUT2D eigenvalue weighted by Crippen LogP contribution is -2.27. The van der Waals surface area contributed by atoms with Crippen molar-refractivity contribution in [1.82, 2.24) is 24.1 Å². The third-order valence-corrected chi connectivity index (χ3v) is 5.43. The van der Waals surface area contributed by atoms with Gasteiger partial charge in [0, 0.05) is 29.4 Å². The highest BCUT2D eigenvalue weighted by molar-refractivity contribution is 7.19. The second-order valence-electron chi connectivity index (χ2n) is 5.76. The summed E-state index contributed by atoms with van der Waals surface area (Å²) < 4.78 is 3.12. The lowest BCUT2D eigenvalue weighted by atomic mass is 10.1. The van der Waals surface area contributed by atoms with E-state index in [1.54, 1.807) is 34.4 Å². The molecule has 4 heterocycles. The topological polar surface area (TPSA) is 65.1 Å². The zero-order valence-corrected chi connectivity index (χ0v) is 14.9. The summed E-state index contributed by atoms with van der Waals surface area (Å²) in [6, 6.07) is 3.72. The molecule has 6 nitrogen and oxygen atoms in total. The fraction of sp³-hybridized carbons (Fsp3) is 0.222. The molecule has 0 aliphatic carbocycles. The molecule has 4 aromatic rings. The first-order chi connectivity index (χ1) is 12.2. The minimum absolute atomic E-state index is 0.200. The van der Waals surface area contributed by atoms with Crippen LogP contribution in [0.1, 0.15) is 17.4 Å². The number of thiophene rings is 1. The van der Waals surface area contributed by atoms with E-state index in [0.717, 1.165) is 22.2 Å². The molecule has 0 aliphatic heterocycles. The fourth-order valence-electron chi connectivity index (χ4n) is 3.13. The molecule has 0 saturated heterocycles. The molecule has 0 N–H and O–H groups in total. The van der Waals surface area contributed by atoms with Gasteiger partial charge in [-0.25, -0.2) is 9.78 Å². The number of allylic oxidation sites excluding steroid dienone is 1. The van der Waals surface area contributed by atoms with Crippen LogP contribution in [0.25, 0.3) is 27.3 Å². The Kier molecular flexibility index (Phi) is 3.73. The Morgan fingerprint density at radius 3 is 2.92 bits per heavy atom. The zero-order valence-electron chi connectivity index (χ0n) is 14.1. The van der Waals surface area contributed by atoms with Crippen LogP contribution in [-0.4, -0.2) is 24.1 Å². The molecular formula is C18H17N5OS. The Morgan fingerprint density at radius 2 is 2.24 bits per heavy atom. The molecule has 0 amide bonds. The van der Waals surface area contributed by atoms with Crippen LogP contribution in [0.3, 0.4) is 0 Å². The molecule has 0 saturated carbocycles. The van der Waals surface area contributed by atoms with Gasteiger partial charge in [0.2, 0.25) is 0 Å². The van der Waals surface area contributed by atoms with Crippen LogP contribution in [0.15, 0.2) is 42.0 Å². The quantitative estimate of drug-likeness (QED) is 0.530. The molecule has 0 atom stereocenters. The molecule has 0 radical (unpaired) electrons. The van der Waals surface area contributed by atoms with Crippen molar-refractivity contribution in [3.63, 3.8) is 0 Å². The number of nitrogens with zero attached hydrogens (tertiary/aromatic N) is 5.